The van der Waals surface area contributed by atoms with E-state index in [2.05, 4.69) is 56.3 Å². The van der Waals surface area contributed by atoms with Crippen molar-refractivity contribution in [3.63, 3.8) is 0 Å². The molecule has 2 N–H and O–H groups in total. The normalized spacial score (nSPS) is 11.3. The fraction of sp³-hybridized carbons (Fsp3) is 0. The van der Waals surface area contributed by atoms with Crippen LogP contribution >= 0.6 is 0 Å². The molecule has 0 bridgehead atoms. The van der Waals surface area contributed by atoms with Crippen LogP contribution in [0, 0.1) is 11.3 Å². The van der Waals surface area contributed by atoms with Gasteiger partial charge in [0.15, 0.2) is 0 Å². The Hall–Kier alpha value is -3.98. The number of tetrazole rings is 1. The summed E-state index contributed by atoms with van der Waals surface area (Å²) in [6.07, 6.45) is 1.57. The molecule has 0 saturated heterocycles. The lowest BCUT2D eigenvalue weighted by atomic mass is 10.0. The van der Waals surface area contributed by atoms with Gasteiger partial charge in [0.25, 0.3) is 0 Å². The van der Waals surface area contributed by atoms with E-state index in [1.54, 1.807) is 6.20 Å². The van der Waals surface area contributed by atoms with Crippen LogP contribution in [-0.2, 0) is 0 Å². The summed E-state index contributed by atoms with van der Waals surface area (Å²) in [7, 11) is 0. The van der Waals surface area contributed by atoms with Crippen LogP contribution in [0.4, 0.5) is 5.69 Å². The lowest BCUT2D eigenvalue weighted by molar-refractivity contribution is 0.881. The van der Waals surface area contributed by atoms with E-state index in [-0.39, 0.29) is 5.82 Å². The Bertz CT molecular complexity index is 1110. The quantitative estimate of drug-likeness (QED) is 0.549. The van der Waals surface area contributed by atoms with Crippen LogP contribution in [0.1, 0.15) is 5.82 Å². The maximum absolute atomic E-state index is 9.18. The lowest BCUT2D eigenvalue weighted by Gasteiger charge is -2.06. The highest BCUT2D eigenvalue weighted by Crippen LogP contribution is 2.25. The summed E-state index contributed by atoms with van der Waals surface area (Å²) >= 11 is 0. The molecular formula is C20H14N6. The molecule has 6 nitrogen and oxygen atoms in total. The van der Waals surface area contributed by atoms with Crippen LogP contribution in [-0.4, -0.2) is 20.6 Å². The number of benzene rings is 3. The molecule has 4 aromatic rings. The van der Waals surface area contributed by atoms with E-state index in [1.807, 2.05) is 42.5 Å². The number of allylic oxidation sites excluding steroid dienone is 1. The van der Waals surface area contributed by atoms with Crippen LogP contribution in [0.3, 0.4) is 0 Å². The summed E-state index contributed by atoms with van der Waals surface area (Å²) in [4.78, 5) is 0. The van der Waals surface area contributed by atoms with Crippen molar-refractivity contribution >= 4 is 22.0 Å². The van der Waals surface area contributed by atoms with Crippen molar-refractivity contribution in [3.8, 4) is 17.2 Å². The Labute approximate surface area is 149 Å². The second-order valence-corrected chi connectivity index (χ2v) is 5.69. The molecule has 0 saturated carbocycles. The molecular weight excluding hydrogens is 324 g/mol. The highest BCUT2D eigenvalue weighted by molar-refractivity contribution is 5.87. The number of rotatable bonds is 4. The molecule has 0 amide bonds. The first-order valence-electron chi connectivity index (χ1n) is 8.03. The number of hydrogen-bond donors (Lipinski definition) is 2. The third-order valence-electron chi connectivity index (χ3n) is 4.06. The molecule has 0 aliphatic rings. The monoisotopic (exact) mass is 338 g/mol. The van der Waals surface area contributed by atoms with Crippen molar-refractivity contribution in [3.05, 3.63) is 78.8 Å². The maximum atomic E-state index is 9.18. The number of anilines is 1. The zero-order valence-electron chi connectivity index (χ0n) is 13.7. The van der Waals surface area contributed by atoms with Gasteiger partial charge in [-0.15, -0.1) is 10.2 Å². The first-order valence-corrected chi connectivity index (χ1v) is 8.03. The van der Waals surface area contributed by atoms with Crippen LogP contribution in [0.15, 0.2) is 72.9 Å². The Morgan fingerprint density at radius 2 is 1.73 bits per heavy atom. The van der Waals surface area contributed by atoms with Crippen molar-refractivity contribution < 1.29 is 0 Å². The molecule has 3 aromatic carbocycles. The van der Waals surface area contributed by atoms with Gasteiger partial charge in [-0.1, -0.05) is 48.5 Å². The fourth-order valence-electron chi connectivity index (χ4n) is 2.71. The molecule has 4 rings (SSSR count). The number of H-pyrrole nitrogens is 1. The Balaban J connectivity index is 1.55. The summed E-state index contributed by atoms with van der Waals surface area (Å²) in [5, 5.41) is 28.1. The lowest BCUT2D eigenvalue weighted by Crippen LogP contribution is -1.93. The standard InChI is InChI=1S/C20H14N6/c21-12-18(20-23-25-26-24-20)13-22-19-9-7-15(8-10-19)17-6-5-14-3-1-2-4-16(14)11-17/h1-11,13,22H,(H,23,24,25,26). The number of nitriles is 1. The molecule has 0 atom stereocenters. The molecule has 6 heteroatoms. The van der Waals surface area contributed by atoms with Gasteiger partial charge in [-0.05, 0) is 45.3 Å². The van der Waals surface area contributed by atoms with Crippen LogP contribution in [0.25, 0.3) is 27.5 Å². The zero-order valence-corrected chi connectivity index (χ0v) is 13.7. The van der Waals surface area contributed by atoms with Gasteiger partial charge < -0.3 is 5.32 Å². The molecule has 0 aliphatic carbocycles. The van der Waals surface area contributed by atoms with Gasteiger partial charge in [0, 0.05) is 11.9 Å². The van der Waals surface area contributed by atoms with E-state index < -0.39 is 0 Å². The molecule has 1 heterocycles. The van der Waals surface area contributed by atoms with Gasteiger partial charge in [-0.2, -0.15) is 10.5 Å². The highest BCUT2D eigenvalue weighted by atomic mass is 15.5. The van der Waals surface area contributed by atoms with Gasteiger partial charge in [0.05, 0.1) is 0 Å². The summed E-state index contributed by atoms with van der Waals surface area (Å²) in [5.41, 5.74) is 3.46. The van der Waals surface area contributed by atoms with E-state index >= 15 is 0 Å². The molecule has 1 aromatic heterocycles. The third-order valence-corrected chi connectivity index (χ3v) is 4.06. The van der Waals surface area contributed by atoms with Crippen molar-refractivity contribution in [2.75, 3.05) is 5.32 Å². The summed E-state index contributed by atoms with van der Waals surface area (Å²) in [6, 6.07) is 24.8. The minimum atomic E-state index is 0.257. The van der Waals surface area contributed by atoms with Gasteiger partial charge in [-0.3, -0.25) is 0 Å². The highest BCUT2D eigenvalue weighted by Gasteiger charge is 2.05. The van der Waals surface area contributed by atoms with Crippen LogP contribution in [0.2, 0.25) is 0 Å². The Morgan fingerprint density at radius 3 is 2.46 bits per heavy atom. The largest absolute Gasteiger partial charge is 0.360 e. The Kier molecular flexibility index (Phi) is 4.11. The summed E-state index contributed by atoms with van der Waals surface area (Å²) in [6.45, 7) is 0. The van der Waals surface area contributed by atoms with E-state index in [1.165, 1.54) is 10.8 Å². The van der Waals surface area contributed by atoms with Gasteiger partial charge in [0.2, 0.25) is 5.82 Å². The van der Waals surface area contributed by atoms with Crippen LogP contribution < -0.4 is 5.32 Å². The summed E-state index contributed by atoms with van der Waals surface area (Å²) in [5.74, 6) is 0.257. The van der Waals surface area contributed by atoms with Gasteiger partial charge in [-0.25, -0.2) is 0 Å². The van der Waals surface area contributed by atoms with E-state index in [9.17, 15) is 5.26 Å². The molecule has 0 radical (unpaired) electrons. The number of aromatic nitrogens is 4. The fourth-order valence-corrected chi connectivity index (χ4v) is 2.71. The maximum Gasteiger partial charge on any atom is 0.216 e. The minimum absolute atomic E-state index is 0.257. The zero-order chi connectivity index (χ0) is 17.8. The number of nitrogens with zero attached hydrogens (tertiary/aromatic N) is 4. The van der Waals surface area contributed by atoms with Crippen LogP contribution in [0.5, 0.6) is 0 Å². The van der Waals surface area contributed by atoms with E-state index in [0.717, 1.165) is 16.8 Å². The first-order chi connectivity index (χ1) is 12.8. The minimum Gasteiger partial charge on any atom is -0.360 e. The third kappa shape index (κ3) is 3.14. The van der Waals surface area contributed by atoms with Crippen molar-refractivity contribution in [1.82, 2.24) is 20.6 Å². The number of aromatic amines is 1. The second kappa shape index (κ2) is 6.87. The van der Waals surface area contributed by atoms with Crippen molar-refractivity contribution in [1.29, 1.82) is 5.26 Å². The second-order valence-electron chi connectivity index (χ2n) is 5.69. The molecule has 0 spiro atoms. The topological polar surface area (TPSA) is 90.3 Å². The molecule has 0 fully saturated rings. The SMILES string of the molecule is N#CC(=CNc1ccc(-c2ccc3ccccc3c2)cc1)c1nn[nH]n1. The van der Waals surface area contributed by atoms with E-state index in [0.29, 0.717) is 5.57 Å². The van der Waals surface area contributed by atoms with Gasteiger partial charge >= 0.3 is 0 Å². The summed E-state index contributed by atoms with van der Waals surface area (Å²) < 4.78 is 0. The first kappa shape index (κ1) is 15.5. The number of nitrogens with one attached hydrogen (secondary N) is 2. The molecule has 26 heavy (non-hydrogen) atoms. The van der Waals surface area contributed by atoms with Crippen molar-refractivity contribution in [2.24, 2.45) is 0 Å². The smallest absolute Gasteiger partial charge is 0.216 e. The molecule has 0 unspecified atom stereocenters. The number of fused-ring (bicyclic) bond motifs is 1. The number of hydrogen-bond acceptors (Lipinski definition) is 5. The Morgan fingerprint density at radius 1 is 0.962 bits per heavy atom. The van der Waals surface area contributed by atoms with Crippen molar-refractivity contribution in [2.45, 2.75) is 0 Å². The predicted molar refractivity (Wildman–Crippen MR) is 101 cm³/mol. The predicted octanol–water partition coefficient (Wildman–Crippen LogP) is 4.00. The van der Waals surface area contributed by atoms with E-state index in [4.69, 9.17) is 0 Å². The van der Waals surface area contributed by atoms with Gasteiger partial charge in [0.1, 0.15) is 11.6 Å². The molecule has 0 aliphatic heterocycles. The average molecular weight is 338 g/mol. The average Bonchev–Trinajstić information content (AvgIpc) is 3.23. The molecule has 124 valence electrons.